The third-order valence-electron chi connectivity index (χ3n) is 5.42. The summed E-state index contributed by atoms with van der Waals surface area (Å²) in [6, 6.07) is 26.6. The van der Waals surface area contributed by atoms with Crippen LogP contribution in [-0.2, 0) is 29.0 Å². The molecule has 1 aliphatic heterocycles. The molecule has 4 heteroatoms. The quantitative estimate of drug-likeness (QED) is 0.660. The smallest absolute Gasteiger partial charge is 0.254 e. The first kappa shape index (κ1) is 19.2. The minimum absolute atomic E-state index is 0.128. The van der Waals surface area contributed by atoms with E-state index < -0.39 is 6.10 Å². The molecule has 0 fully saturated rings. The molecular weight excluding hydrogens is 360 g/mol. The predicted molar refractivity (Wildman–Crippen MR) is 116 cm³/mol. The lowest BCUT2D eigenvalue weighted by Crippen LogP contribution is -2.30. The van der Waals surface area contributed by atoms with Gasteiger partial charge in [-0.15, -0.1) is 0 Å². The fourth-order valence-electron chi connectivity index (χ4n) is 3.86. The zero-order valence-electron chi connectivity index (χ0n) is 16.7. The Bertz CT molecular complexity index is 954. The number of carbonyl (C=O) groups excluding carboxylic acids is 1. The largest absolute Gasteiger partial charge is 0.367 e. The van der Waals surface area contributed by atoms with E-state index in [1.807, 2.05) is 30.3 Å². The van der Waals surface area contributed by atoms with Crippen molar-refractivity contribution < 1.29 is 9.53 Å². The fraction of sp³-hybridized carbons (Fsp3) is 0.240. The number of carbonyl (C=O) groups is 1. The third-order valence-corrected chi connectivity index (χ3v) is 5.42. The van der Waals surface area contributed by atoms with Crippen LogP contribution >= 0.6 is 0 Å². The second kappa shape index (κ2) is 8.93. The average Bonchev–Trinajstić information content (AvgIpc) is 3.17. The number of benzene rings is 3. The first-order chi connectivity index (χ1) is 14.2. The molecule has 4 rings (SSSR count). The van der Waals surface area contributed by atoms with Crippen molar-refractivity contribution in [2.45, 2.75) is 25.6 Å². The van der Waals surface area contributed by atoms with Crippen molar-refractivity contribution in [3.05, 3.63) is 101 Å². The molecule has 0 aromatic heterocycles. The van der Waals surface area contributed by atoms with E-state index in [1.165, 1.54) is 16.8 Å². The van der Waals surface area contributed by atoms with Gasteiger partial charge in [0, 0.05) is 32.4 Å². The molecule has 1 heterocycles. The van der Waals surface area contributed by atoms with Crippen LogP contribution in [0, 0.1) is 0 Å². The van der Waals surface area contributed by atoms with E-state index in [9.17, 15) is 4.79 Å². The van der Waals surface area contributed by atoms with Crippen LogP contribution in [0.3, 0.4) is 0 Å². The van der Waals surface area contributed by atoms with Crippen LogP contribution in [0.5, 0.6) is 0 Å². The summed E-state index contributed by atoms with van der Waals surface area (Å²) >= 11 is 0. The lowest BCUT2D eigenvalue weighted by Gasteiger charge is -2.19. The topological polar surface area (TPSA) is 41.6 Å². The highest BCUT2D eigenvalue weighted by atomic mass is 16.5. The van der Waals surface area contributed by atoms with Crippen LogP contribution in [0.4, 0.5) is 5.69 Å². The van der Waals surface area contributed by atoms with Crippen molar-refractivity contribution in [1.82, 2.24) is 5.32 Å². The lowest BCUT2D eigenvalue weighted by molar-refractivity contribution is -0.131. The van der Waals surface area contributed by atoms with E-state index in [0.717, 1.165) is 30.6 Å². The second-order valence-corrected chi connectivity index (χ2v) is 7.36. The highest BCUT2D eigenvalue weighted by Crippen LogP contribution is 2.28. The Morgan fingerprint density at radius 3 is 2.41 bits per heavy atom. The van der Waals surface area contributed by atoms with Crippen molar-refractivity contribution in [3.8, 4) is 0 Å². The number of amides is 1. The number of hydrogen-bond donors (Lipinski definition) is 1. The Morgan fingerprint density at radius 1 is 0.966 bits per heavy atom. The first-order valence-electron chi connectivity index (χ1n) is 10.0. The summed E-state index contributed by atoms with van der Waals surface area (Å²) in [6.07, 6.45) is 0.522. The van der Waals surface area contributed by atoms with Gasteiger partial charge >= 0.3 is 0 Å². The third kappa shape index (κ3) is 4.49. The molecule has 0 radical (unpaired) electrons. The summed E-state index contributed by atoms with van der Waals surface area (Å²) in [5, 5.41) is 2.98. The molecule has 29 heavy (non-hydrogen) atoms. The number of nitrogens with one attached hydrogen (secondary N) is 1. The molecule has 0 saturated heterocycles. The van der Waals surface area contributed by atoms with Gasteiger partial charge in [-0.05, 0) is 34.7 Å². The van der Waals surface area contributed by atoms with Crippen LogP contribution in [0.25, 0.3) is 0 Å². The lowest BCUT2D eigenvalue weighted by atomic mass is 10.1. The van der Waals surface area contributed by atoms with Gasteiger partial charge in [-0.2, -0.15) is 0 Å². The Kier molecular flexibility index (Phi) is 5.92. The molecule has 1 atom stereocenters. The van der Waals surface area contributed by atoms with Crippen LogP contribution in [-0.4, -0.2) is 19.6 Å². The van der Waals surface area contributed by atoms with E-state index in [2.05, 4.69) is 58.7 Å². The number of methoxy groups -OCH3 is 1. The van der Waals surface area contributed by atoms with E-state index in [0.29, 0.717) is 6.54 Å². The van der Waals surface area contributed by atoms with Gasteiger partial charge in [0.25, 0.3) is 5.91 Å². The molecule has 1 N–H and O–H groups in total. The maximum absolute atomic E-state index is 12.5. The van der Waals surface area contributed by atoms with E-state index in [4.69, 9.17) is 4.74 Å². The van der Waals surface area contributed by atoms with Crippen molar-refractivity contribution in [2.75, 3.05) is 18.6 Å². The first-order valence-corrected chi connectivity index (χ1v) is 10.0. The monoisotopic (exact) mass is 386 g/mol. The Labute approximate surface area is 172 Å². The second-order valence-electron chi connectivity index (χ2n) is 7.36. The zero-order chi connectivity index (χ0) is 20.1. The van der Waals surface area contributed by atoms with Crippen molar-refractivity contribution >= 4 is 11.6 Å². The van der Waals surface area contributed by atoms with Gasteiger partial charge in [-0.25, -0.2) is 0 Å². The van der Waals surface area contributed by atoms with Gasteiger partial charge in [0.1, 0.15) is 0 Å². The number of nitrogens with zero attached hydrogens (tertiary/aromatic N) is 1. The number of hydrogen-bond acceptors (Lipinski definition) is 3. The fourth-order valence-corrected chi connectivity index (χ4v) is 3.86. The SMILES string of the molecule is COC(C(=O)NCc1ccc(CN2CCc3ccccc32)cc1)c1ccccc1. The van der Waals surface area contributed by atoms with Gasteiger partial charge in [-0.3, -0.25) is 4.79 Å². The summed E-state index contributed by atoms with van der Waals surface area (Å²) in [5.74, 6) is -0.128. The molecule has 3 aromatic carbocycles. The predicted octanol–water partition coefficient (Wildman–Crippen LogP) is 4.25. The Hall–Kier alpha value is -3.11. The van der Waals surface area contributed by atoms with Crippen LogP contribution in [0.1, 0.15) is 28.4 Å². The number of anilines is 1. The van der Waals surface area contributed by atoms with Gasteiger partial charge < -0.3 is 15.0 Å². The summed E-state index contributed by atoms with van der Waals surface area (Å²) in [4.78, 5) is 14.9. The van der Waals surface area contributed by atoms with Crippen LogP contribution in [0.2, 0.25) is 0 Å². The maximum Gasteiger partial charge on any atom is 0.254 e. The number of fused-ring (bicyclic) bond motifs is 1. The molecular formula is C25H26N2O2. The summed E-state index contributed by atoms with van der Waals surface area (Å²) in [6.45, 7) is 2.46. The van der Waals surface area contributed by atoms with Gasteiger partial charge in [0.15, 0.2) is 6.10 Å². The molecule has 3 aromatic rings. The normalized spacial score (nSPS) is 13.8. The van der Waals surface area contributed by atoms with Crippen LogP contribution < -0.4 is 10.2 Å². The Morgan fingerprint density at radius 2 is 1.66 bits per heavy atom. The van der Waals surface area contributed by atoms with E-state index in [1.54, 1.807) is 7.11 Å². The maximum atomic E-state index is 12.5. The number of ether oxygens (including phenoxy) is 1. The van der Waals surface area contributed by atoms with Crippen molar-refractivity contribution in [3.63, 3.8) is 0 Å². The highest BCUT2D eigenvalue weighted by molar-refractivity contribution is 5.82. The standard InChI is InChI=1S/C25H26N2O2/c1-29-24(22-8-3-2-4-9-22)25(28)26-17-19-11-13-20(14-12-19)18-27-16-15-21-7-5-6-10-23(21)27/h2-14,24H,15-18H2,1H3,(H,26,28). The van der Waals surface area contributed by atoms with Crippen molar-refractivity contribution in [1.29, 1.82) is 0 Å². The molecule has 4 nitrogen and oxygen atoms in total. The molecule has 148 valence electrons. The highest BCUT2D eigenvalue weighted by Gasteiger charge is 2.20. The number of rotatable bonds is 7. The zero-order valence-corrected chi connectivity index (χ0v) is 16.7. The minimum Gasteiger partial charge on any atom is -0.367 e. The van der Waals surface area contributed by atoms with Gasteiger partial charge in [-0.1, -0.05) is 72.8 Å². The molecule has 0 aliphatic carbocycles. The summed E-state index contributed by atoms with van der Waals surface area (Å²) in [5.41, 5.74) is 5.98. The minimum atomic E-state index is -0.592. The van der Waals surface area contributed by atoms with Crippen LogP contribution in [0.15, 0.2) is 78.9 Å². The number of para-hydroxylation sites is 1. The molecule has 1 amide bonds. The molecule has 0 bridgehead atoms. The van der Waals surface area contributed by atoms with Gasteiger partial charge in [0.2, 0.25) is 0 Å². The van der Waals surface area contributed by atoms with E-state index >= 15 is 0 Å². The molecule has 1 unspecified atom stereocenters. The van der Waals surface area contributed by atoms with Gasteiger partial charge in [0.05, 0.1) is 0 Å². The molecule has 0 saturated carbocycles. The van der Waals surface area contributed by atoms with E-state index in [-0.39, 0.29) is 5.91 Å². The Balaban J connectivity index is 1.33. The molecule has 0 spiro atoms. The summed E-state index contributed by atoms with van der Waals surface area (Å²) in [7, 11) is 1.56. The average molecular weight is 386 g/mol. The molecule has 1 aliphatic rings. The summed E-state index contributed by atoms with van der Waals surface area (Å²) < 4.78 is 5.39. The van der Waals surface area contributed by atoms with Crippen molar-refractivity contribution in [2.24, 2.45) is 0 Å².